The first-order valence-electron chi connectivity index (χ1n) is 3.13. The van der Waals surface area contributed by atoms with Crippen LogP contribution in [0.25, 0.3) is 0 Å². The fourth-order valence-electron chi connectivity index (χ4n) is 0.823. The van der Waals surface area contributed by atoms with Crippen molar-refractivity contribution in [1.29, 1.82) is 0 Å². The second kappa shape index (κ2) is 1.63. The molecule has 50 valence electrons. The molecule has 0 bridgehead atoms. The summed E-state index contributed by atoms with van der Waals surface area (Å²) >= 11 is 0. The molecule has 0 aromatic rings. The second-order valence-corrected chi connectivity index (χ2v) is 3.03. The Balaban J connectivity index is 2.96. The maximum atomic E-state index is 9.24. The molecule has 0 fully saturated rings. The molecule has 0 aromatic carbocycles. The van der Waals surface area contributed by atoms with Gasteiger partial charge in [-0.25, -0.2) is 0 Å². The van der Waals surface area contributed by atoms with Gasteiger partial charge < -0.3 is 5.11 Å². The standard InChI is InChI=1S/C8H12O/c1-6-4-5-7(9)8(6,2)3/h4-5,9H,1-3H3. The highest BCUT2D eigenvalue weighted by molar-refractivity contribution is 5.33. The molecule has 0 atom stereocenters. The van der Waals surface area contributed by atoms with Gasteiger partial charge in [0.15, 0.2) is 0 Å². The maximum Gasteiger partial charge on any atom is 0.102 e. The molecular formula is C8H12O. The predicted octanol–water partition coefficient (Wildman–Crippen LogP) is 2.41. The minimum atomic E-state index is -0.111. The summed E-state index contributed by atoms with van der Waals surface area (Å²) in [5.41, 5.74) is 1.11. The Hall–Kier alpha value is -0.720. The number of allylic oxidation sites excluding steroid dienone is 3. The monoisotopic (exact) mass is 124 g/mol. The molecule has 0 aromatic heterocycles. The lowest BCUT2D eigenvalue weighted by atomic mass is 9.87. The van der Waals surface area contributed by atoms with Crippen molar-refractivity contribution >= 4 is 0 Å². The van der Waals surface area contributed by atoms with E-state index in [0.717, 1.165) is 0 Å². The highest BCUT2D eigenvalue weighted by Gasteiger charge is 2.27. The number of aliphatic hydroxyl groups is 1. The molecule has 0 saturated carbocycles. The average molecular weight is 124 g/mol. The van der Waals surface area contributed by atoms with E-state index < -0.39 is 0 Å². The maximum absolute atomic E-state index is 9.24. The molecule has 1 rings (SSSR count). The minimum absolute atomic E-state index is 0.111. The molecule has 1 nitrogen and oxygen atoms in total. The third-order valence-corrected chi connectivity index (χ3v) is 2.12. The van der Waals surface area contributed by atoms with E-state index in [1.165, 1.54) is 5.57 Å². The van der Waals surface area contributed by atoms with E-state index in [9.17, 15) is 5.11 Å². The molecule has 1 aliphatic carbocycles. The predicted molar refractivity (Wildman–Crippen MR) is 38.2 cm³/mol. The van der Waals surface area contributed by atoms with Crippen LogP contribution in [0.4, 0.5) is 0 Å². The van der Waals surface area contributed by atoms with Crippen LogP contribution in [0, 0.1) is 5.41 Å². The van der Waals surface area contributed by atoms with Gasteiger partial charge in [-0.3, -0.25) is 0 Å². The lowest BCUT2D eigenvalue weighted by molar-refractivity contribution is 0.299. The number of aliphatic hydroxyl groups excluding tert-OH is 1. The summed E-state index contributed by atoms with van der Waals surface area (Å²) in [6, 6.07) is 0. The zero-order valence-electron chi connectivity index (χ0n) is 6.10. The van der Waals surface area contributed by atoms with Crippen LogP contribution >= 0.6 is 0 Å². The Bertz CT molecular complexity index is 165. The van der Waals surface area contributed by atoms with Gasteiger partial charge >= 0.3 is 0 Å². The molecule has 1 heteroatoms. The number of rotatable bonds is 0. The quantitative estimate of drug-likeness (QED) is 0.525. The van der Waals surface area contributed by atoms with Crippen molar-refractivity contribution in [2.75, 3.05) is 0 Å². The Morgan fingerprint density at radius 3 is 2.00 bits per heavy atom. The second-order valence-electron chi connectivity index (χ2n) is 3.03. The summed E-state index contributed by atoms with van der Waals surface area (Å²) in [6.45, 7) is 6.05. The van der Waals surface area contributed by atoms with E-state index in [1.54, 1.807) is 6.08 Å². The molecule has 9 heavy (non-hydrogen) atoms. The molecule has 1 aliphatic rings. The third-order valence-electron chi connectivity index (χ3n) is 2.12. The van der Waals surface area contributed by atoms with E-state index in [1.807, 2.05) is 26.8 Å². The largest absolute Gasteiger partial charge is 0.511 e. The molecule has 0 radical (unpaired) electrons. The van der Waals surface area contributed by atoms with Gasteiger partial charge in [0.05, 0.1) is 0 Å². The van der Waals surface area contributed by atoms with E-state index >= 15 is 0 Å². The molecule has 0 amide bonds. The number of hydrogen-bond donors (Lipinski definition) is 1. The third kappa shape index (κ3) is 0.766. The van der Waals surface area contributed by atoms with Gasteiger partial charge in [0.1, 0.15) is 5.76 Å². The molecule has 0 aliphatic heterocycles. The SMILES string of the molecule is CC1=CC=C(O)C1(C)C. The van der Waals surface area contributed by atoms with Gasteiger partial charge in [-0.1, -0.05) is 11.6 Å². The van der Waals surface area contributed by atoms with Gasteiger partial charge in [0.2, 0.25) is 0 Å². The highest BCUT2D eigenvalue weighted by Crippen LogP contribution is 2.36. The van der Waals surface area contributed by atoms with Gasteiger partial charge in [-0.2, -0.15) is 0 Å². The number of hydrogen-bond acceptors (Lipinski definition) is 1. The summed E-state index contributed by atoms with van der Waals surface area (Å²) in [5.74, 6) is 0.472. The molecule has 1 N–H and O–H groups in total. The molecule has 0 spiro atoms. The topological polar surface area (TPSA) is 20.2 Å². The fraction of sp³-hybridized carbons (Fsp3) is 0.500. The van der Waals surface area contributed by atoms with Crippen LogP contribution in [-0.2, 0) is 0 Å². The van der Waals surface area contributed by atoms with Crippen LogP contribution in [0.2, 0.25) is 0 Å². The van der Waals surface area contributed by atoms with Crippen molar-refractivity contribution in [3.05, 3.63) is 23.5 Å². The Morgan fingerprint density at radius 1 is 1.33 bits per heavy atom. The Morgan fingerprint density at radius 2 is 1.89 bits per heavy atom. The van der Waals surface area contributed by atoms with Gasteiger partial charge in [-0.15, -0.1) is 0 Å². The van der Waals surface area contributed by atoms with Crippen LogP contribution in [-0.4, -0.2) is 5.11 Å². The molecule has 0 saturated heterocycles. The molecule has 0 heterocycles. The first kappa shape index (κ1) is 6.40. The normalized spacial score (nSPS) is 23.4. The van der Waals surface area contributed by atoms with Crippen LogP contribution in [0.1, 0.15) is 20.8 Å². The summed E-state index contributed by atoms with van der Waals surface area (Å²) in [5, 5.41) is 9.24. The van der Waals surface area contributed by atoms with Crippen LogP contribution in [0.3, 0.4) is 0 Å². The average Bonchev–Trinajstić information content (AvgIpc) is 1.96. The molecular weight excluding hydrogens is 112 g/mol. The smallest absolute Gasteiger partial charge is 0.102 e. The summed E-state index contributed by atoms with van der Waals surface area (Å²) in [7, 11) is 0. The molecule has 0 unspecified atom stereocenters. The minimum Gasteiger partial charge on any atom is -0.511 e. The van der Waals surface area contributed by atoms with Crippen molar-refractivity contribution in [2.45, 2.75) is 20.8 Å². The van der Waals surface area contributed by atoms with Gasteiger partial charge in [0, 0.05) is 5.41 Å². The summed E-state index contributed by atoms with van der Waals surface area (Å²) in [4.78, 5) is 0. The van der Waals surface area contributed by atoms with Crippen molar-refractivity contribution < 1.29 is 5.11 Å². The lowest BCUT2D eigenvalue weighted by Crippen LogP contribution is -2.12. The van der Waals surface area contributed by atoms with Crippen molar-refractivity contribution in [1.82, 2.24) is 0 Å². The highest BCUT2D eigenvalue weighted by atomic mass is 16.3. The first-order valence-corrected chi connectivity index (χ1v) is 3.13. The zero-order valence-corrected chi connectivity index (χ0v) is 6.10. The van der Waals surface area contributed by atoms with Crippen LogP contribution in [0.15, 0.2) is 23.5 Å². The van der Waals surface area contributed by atoms with Crippen molar-refractivity contribution in [3.63, 3.8) is 0 Å². The van der Waals surface area contributed by atoms with Crippen molar-refractivity contribution in [3.8, 4) is 0 Å². The summed E-state index contributed by atoms with van der Waals surface area (Å²) in [6.07, 6.45) is 3.71. The Labute approximate surface area is 55.7 Å². The van der Waals surface area contributed by atoms with E-state index in [-0.39, 0.29) is 5.41 Å². The van der Waals surface area contributed by atoms with Crippen LogP contribution < -0.4 is 0 Å². The van der Waals surface area contributed by atoms with Gasteiger partial charge in [0.25, 0.3) is 0 Å². The van der Waals surface area contributed by atoms with E-state index in [0.29, 0.717) is 5.76 Å². The zero-order chi connectivity index (χ0) is 7.07. The van der Waals surface area contributed by atoms with Crippen molar-refractivity contribution in [2.24, 2.45) is 5.41 Å². The fourth-order valence-corrected chi connectivity index (χ4v) is 0.823. The first-order chi connectivity index (χ1) is 4.05. The summed E-state index contributed by atoms with van der Waals surface area (Å²) < 4.78 is 0. The lowest BCUT2D eigenvalue weighted by Gasteiger charge is -2.20. The van der Waals surface area contributed by atoms with E-state index in [4.69, 9.17) is 0 Å². The van der Waals surface area contributed by atoms with Crippen LogP contribution in [0.5, 0.6) is 0 Å². The van der Waals surface area contributed by atoms with E-state index in [2.05, 4.69) is 0 Å². The Kier molecular flexibility index (Phi) is 1.16. The van der Waals surface area contributed by atoms with Gasteiger partial charge in [-0.05, 0) is 26.8 Å².